The van der Waals surface area contributed by atoms with E-state index < -0.39 is 6.64 Å². The topological polar surface area (TPSA) is 58.3 Å². The van der Waals surface area contributed by atoms with Crippen LogP contribution in [0.1, 0.15) is 0 Å². The largest absolute Gasteiger partial charge is 1.00 e. The molecule has 0 aliphatic rings. The Morgan fingerprint density at radius 1 is 1.86 bits per heavy atom. The van der Waals surface area contributed by atoms with Crippen LogP contribution >= 0.6 is 6.64 Å². The van der Waals surface area contributed by atoms with Crippen molar-refractivity contribution in [3.63, 3.8) is 0 Å². The van der Waals surface area contributed by atoms with Gasteiger partial charge in [-0.05, 0) is 0 Å². The normalized spacial score (nSPS) is 17.0. The van der Waals surface area contributed by atoms with E-state index in [9.17, 15) is 4.89 Å². The second kappa shape index (κ2) is 4.41. The third-order valence-corrected chi connectivity index (χ3v) is 1.21. The van der Waals surface area contributed by atoms with Crippen LogP contribution in [0.5, 0.6) is 0 Å². The zero-order valence-corrected chi connectivity index (χ0v) is 7.96. The molecule has 7 heavy (non-hydrogen) atoms. The molecular weight excluding hydrogens is 144 g/mol. The molecule has 0 aromatic heterocycles. The van der Waals surface area contributed by atoms with Crippen LogP contribution < -0.4 is 40.0 Å². The van der Waals surface area contributed by atoms with Crippen molar-refractivity contribution in [3.05, 3.63) is 0 Å². The van der Waals surface area contributed by atoms with Crippen LogP contribution in [-0.2, 0) is 16.3 Å². The van der Waals surface area contributed by atoms with Crippen molar-refractivity contribution in [2.24, 2.45) is 5.50 Å². The van der Waals surface area contributed by atoms with Crippen molar-refractivity contribution >= 4 is 18.4 Å². The summed E-state index contributed by atoms with van der Waals surface area (Å²) >= 11 is 4.10. The van der Waals surface area contributed by atoms with Crippen LogP contribution in [0.15, 0.2) is 0 Å². The first-order chi connectivity index (χ1) is 2.56. The van der Waals surface area contributed by atoms with E-state index in [4.69, 9.17) is 0 Å². The van der Waals surface area contributed by atoms with E-state index in [0.717, 1.165) is 0 Å². The van der Waals surface area contributed by atoms with Crippen LogP contribution in [0, 0.1) is 0 Å². The molecule has 0 heterocycles. The molecule has 0 rings (SSSR count). The first kappa shape index (κ1) is 11.3. The van der Waals surface area contributed by atoms with E-state index in [1.165, 1.54) is 7.11 Å². The smallest absolute Gasteiger partial charge is 0.789 e. The zero-order chi connectivity index (χ0) is 5.21. The Morgan fingerprint density at radius 3 is 2.00 bits per heavy atom. The third kappa shape index (κ3) is 11.2. The number of nitrogens with two attached hydrogens (primary N) is 1. The van der Waals surface area contributed by atoms with Gasteiger partial charge in [0.05, 0.1) is 6.64 Å². The van der Waals surface area contributed by atoms with Gasteiger partial charge in [0.1, 0.15) is 0 Å². The molecule has 0 bridgehead atoms. The Labute approximate surface area is 69.7 Å². The van der Waals surface area contributed by atoms with E-state index in [2.05, 4.69) is 21.8 Å². The van der Waals surface area contributed by atoms with Crippen LogP contribution in [0.4, 0.5) is 0 Å². The van der Waals surface area contributed by atoms with E-state index in [1.807, 2.05) is 0 Å². The van der Waals surface area contributed by atoms with E-state index >= 15 is 0 Å². The van der Waals surface area contributed by atoms with Crippen molar-refractivity contribution in [2.45, 2.75) is 0 Å². The van der Waals surface area contributed by atoms with Gasteiger partial charge in [0.25, 0.3) is 0 Å². The fraction of sp³-hybridized carbons (Fsp3) is 1.00. The van der Waals surface area contributed by atoms with Gasteiger partial charge in [-0.3, -0.25) is 5.50 Å². The van der Waals surface area contributed by atoms with E-state index in [-0.39, 0.29) is 29.6 Å². The van der Waals surface area contributed by atoms with Crippen molar-refractivity contribution < 1.29 is 39.0 Å². The molecule has 0 radical (unpaired) electrons. The molecule has 0 fully saturated rings. The van der Waals surface area contributed by atoms with Crippen LogP contribution in [0.3, 0.4) is 0 Å². The summed E-state index contributed by atoms with van der Waals surface area (Å²) < 4.78 is 4.09. The average molecular weight is 149 g/mol. The van der Waals surface area contributed by atoms with Gasteiger partial charge in [-0.25, -0.2) is 0 Å². The molecule has 0 aliphatic heterocycles. The summed E-state index contributed by atoms with van der Waals surface area (Å²) in [5.41, 5.74) is 4.68. The Balaban J connectivity index is 0. The van der Waals surface area contributed by atoms with Gasteiger partial charge >= 0.3 is 29.6 Å². The van der Waals surface area contributed by atoms with E-state index in [0.29, 0.717) is 0 Å². The summed E-state index contributed by atoms with van der Waals surface area (Å²) in [7, 11) is 1.22. The Kier molecular flexibility index (Phi) is 7.15. The molecule has 0 saturated heterocycles. The fourth-order valence-electron chi connectivity index (χ4n) is 0. The van der Waals surface area contributed by atoms with Crippen molar-refractivity contribution in [1.29, 1.82) is 0 Å². The molecule has 0 aromatic rings. The maximum Gasteiger partial charge on any atom is 1.00 e. The molecule has 0 saturated carbocycles. The second-order valence-corrected chi connectivity index (χ2v) is 3.69. The molecule has 0 aromatic carbocycles. The zero-order valence-electron chi connectivity index (χ0n) is 4.25. The Bertz CT molecular complexity index is 81.8. The van der Waals surface area contributed by atoms with Gasteiger partial charge in [0.2, 0.25) is 0 Å². The van der Waals surface area contributed by atoms with Crippen molar-refractivity contribution in [3.8, 4) is 0 Å². The maximum atomic E-state index is 9.95. The van der Waals surface area contributed by atoms with Gasteiger partial charge in [-0.1, -0.05) is 11.8 Å². The first-order valence-corrected chi connectivity index (χ1v) is 3.92. The molecule has 1 atom stereocenters. The van der Waals surface area contributed by atoms with Crippen LogP contribution in [0.2, 0.25) is 0 Å². The predicted octanol–water partition coefficient (Wildman–Crippen LogP) is -3.82. The van der Waals surface area contributed by atoms with Crippen molar-refractivity contribution in [2.75, 3.05) is 7.11 Å². The molecule has 3 nitrogen and oxygen atoms in total. The minimum absolute atomic E-state index is 0. The van der Waals surface area contributed by atoms with Gasteiger partial charge < -0.3 is 9.42 Å². The summed E-state index contributed by atoms with van der Waals surface area (Å²) in [5.74, 6) is 0. The summed E-state index contributed by atoms with van der Waals surface area (Å²) in [4.78, 5) is 9.95. The maximum absolute atomic E-state index is 9.95. The van der Waals surface area contributed by atoms with E-state index in [1.54, 1.807) is 0 Å². The van der Waals surface area contributed by atoms with Crippen LogP contribution in [0.25, 0.3) is 0 Å². The average Bonchev–Trinajstić information content (AvgIpc) is 1.35. The van der Waals surface area contributed by atoms with Gasteiger partial charge in [-0.15, -0.1) is 0 Å². The van der Waals surface area contributed by atoms with Gasteiger partial charge in [-0.2, -0.15) is 0 Å². The molecule has 1 unspecified atom stereocenters. The SMILES string of the molecule is COP(N)([O-])=S.[Na+]. The molecule has 38 valence electrons. The predicted molar refractivity (Wildman–Crippen MR) is 25.5 cm³/mol. The minimum atomic E-state index is -3.06. The molecule has 0 spiro atoms. The summed E-state index contributed by atoms with van der Waals surface area (Å²) in [6.45, 7) is -3.06. The summed E-state index contributed by atoms with van der Waals surface area (Å²) in [5, 5.41) is 0. The minimum Gasteiger partial charge on any atom is -0.789 e. The fourth-order valence-corrected chi connectivity index (χ4v) is 0. The molecule has 6 heteroatoms. The first-order valence-electron chi connectivity index (χ1n) is 1.21. The summed E-state index contributed by atoms with van der Waals surface area (Å²) in [6.07, 6.45) is 0. The standard InChI is InChI=1S/CH6NO2PS.Na/c1-4-5(2,3)6;/h1H3,(H3,2,3,6);/q;+1/p-1. The molecule has 0 aliphatic carbocycles. The van der Waals surface area contributed by atoms with Gasteiger partial charge in [0.15, 0.2) is 0 Å². The Hall–Kier alpha value is 1.53. The third-order valence-electron chi connectivity index (χ3n) is 0.254. The van der Waals surface area contributed by atoms with Crippen molar-refractivity contribution in [1.82, 2.24) is 0 Å². The molecular formula is CH5NNaO2PS. The Morgan fingerprint density at radius 2 is 2.00 bits per heavy atom. The quantitative estimate of drug-likeness (QED) is 0.306. The number of rotatable bonds is 1. The molecule has 2 N–H and O–H groups in total. The van der Waals surface area contributed by atoms with Crippen LogP contribution in [-0.4, -0.2) is 7.11 Å². The monoisotopic (exact) mass is 149 g/mol. The second-order valence-electron chi connectivity index (χ2n) is 0.722. The summed E-state index contributed by atoms with van der Waals surface area (Å²) in [6, 6.07) is 0. The molecule has 0 amide bonds. The number of hydrogen-bond donors (Lipinski definition) is 1. The number of hydrogen-bond acceptors (Lipinski definition) is 3. The van der Waals surface area contributed by atoms with Gasteiger partial charge in [0, 0.05) is 7.11 Å².